The minimum absolute atomic E-state index is 0.00258. The number of carbonyl (C=O) groups is 1. The minimum Gasteiger partial charge on any atom is -0.479 e. The van der Waals surface area contributed by atoms with Gasteiger partial charge in [-0.2, -0.15) is 13.9 Å². The van der Waals surface area contributed by atoms with Crippen LogP contribution >= 0.6 is 0 Å². The van der Waals surface area contributed by atoms with Crippen LogP contribution in [0.5, 0.6) is 5.75 Å². The van der Waals surface area contributed by atoms with Crippen molar-refractivity contribution in [3.8, 4) is 5.75 Å². The number of amides is 1. The van der Waals surface area contributed by atoms with Gasteiger partial charge >= 0.3 is 0 Å². The minimum atomic E-state index is -2.31. The number of rotatable bonds is 7. The summed E-state index contributed by atoms with van der Waals surface area (Å²) in [7, 11) is 0. The quantitative estimate of drug-likeness (QED) is 0.190. The number of benzene rings is 2. The largest absolute Gasteiger partial charge is 0.479 e. The first-order valence-corrected chi connectivity index (χ1v) is 9.87. The molecule has 0 aliphatic carbocycles. The third kappa shape index (κ3) is 4.96. The summed E-state index contributed by atoms with van der Waals surface area (Å²) in [6.45, 7) is -1.59. The lowest BCUT2D eigenvalue weighted by Crippen LogP contribution is -2.13. The Balaban J connectivity index is 1.42. The predicted molar refractivity (Wildman–Crippen MR) is 105 cm³/mol. The average Bonchev–Trinajstić information content (AvgIpc) is 3.52. The number of anilines is 1. The number of nitrogens with one attached hydrogen (secondary N) is 1. The van der Waals surface area contributed by atoms with E-state index in [1.54, 1.807) is 0 Å². The molecule has 194 valence electrons. The molecule has 2 heterocycles. The fourth-order valence-electron chi connectivity index (χ4n) is 3.04. The van der Waals surface area contributed by atoms with Crippen LogP contribution in [-0.4, -0.2) is 15.7 Å². The van der Waals surface area contributed by atoms with Gasteiger partial charge in [0.15, 0.2) is 52.2 Å². The summed E-state index contributed by atoms with van der Waals surface area (Å²) >= 11 is 0. The van der Waals surface area contributed by atoms with Gasteiger partial charge in [-0.25, -0.2) is 30.7 Å². The summed E-state index contributed by atoms with van der Waals surface area (Å²) in [5.41, 5.74) is -1.15. The van der Waals surface area contributed by atoms with Crippen molar-refractivity contribution in [1.29, 1.82) is 0 Å². The number of halogens is 9. The molecule has 2 aromatic carbocycles. The summed E-state index contributed by atoms with van der Waals surface area (Å²) in [5, 5.41) is 5.97. The van der Waals surface area contributed by atoms with Crippen LogP contribution in [0.25, 0.3) is 0 Å². The molecule has 4 rings (SSSR count). The van der Waals surface area contributed by atoms with Crippen molar-refractivity contribution in [2.24, 2.45) is 0 Å². The Bertz CT molecular complexity index is 1460. The highest BCUT2D eigenvalue weighted by Gasteiger charge is 2.26. The smallest absolute Gasteiger partial charge is 0.292 e. The molecule has 1 amide bonds. The van der Waals surface area contributed by atoms with Crippen LogP contribution in [0.1, 0.15) is 21.9 Å². The predicted octanol–water partition coefficient (Wildman–Crippen LogP) is 5.61. The molecule has 4 aromatic rings. The number of ether oxygens (including phenoxy) is 1. The fraction of sp³-hybridized carbons (Fsp3) is 0.0909. The standard InChI is InChI=1S/C22H10F9N3O3/c23-10-5-11(24)17(28)21(16(10)27)36-7-8-1-2-12(37-8)22(35)32-13-3-4-34(33-13)6-9-14(25)18(29)20(31)19(30)15(9)26/h1-5H,6-7H2,(H,32,33,35). The third-order valence-corrected chi connectivity index (χ3v) is 4.82. The van der Waals surface area contributed by atoms with E-state index in [0.717, 1.165) is 29.1 Å². The fourth-order valence-corrected chi connectivity index (χ4v) is 3.04. The average molecular weight is 535 g/mol. The lowest BCUT2D eigenvalue weighted by molar-refractivity contribution is 0.0991. The molecule has 0 saturated heterocycles. The maximum absolute atomic E-state index is 13.9. The number of furan rings is 1. The zero-order chi connectivity index (χ0) is 27.0. The van der Waals surface area contributed by atoms with Gasteiger partial charge in [-0.3, -0.25) is 9.48 Å². The molecular weight excluding hydrogens is 525 g/mol. The summed E-state index contributed by atoms with van der Waals surface area (Å²) in [6.07, 6.45) is 1.08. The molecule has 0 aliphatic rings. The Morgan fingerprint density at radius 1 is 0.838 bits per heavy atom. The van der Waals surface area contributed by atoms with E-state index >= 15 is 0 Å². The van der Waals surface area contributed by atoms with Gasteiger partial charge in [0.25, 0.3) is 5.91 Å². The Morgan fingerprint density at radius 3 is 2.05 bits per heavy atom. The van der Waals surface area contributed by atoms with Crippen LogP contribution in [0, 0.1) is 52.4 Å². The van der Waals surface area contributed by atoms with E-state index in [9.17, 15) is 44.3 Å². The molecule has 2 aromatic heterocycles. The summed E-state index contributed by atoms with van der Waals surface area (Å²) in [6, 6.07) is 3.40. The van der Waals surface area contributed by atoms with E-state index < -0.39 is 82.7 Å². The zero-order valence-electron chi connectivity index (χ0n) is 17.8. The highest BCUT2D eigenvalue weighted by Crippen LogP contribution is 2.28. The summed E-state index contributed by atoms with van der Waals surface area (Å²) in [4.78, 5) is 12.3. The Hall–Kier alpha value is -4.43. The molecule has 15 heteroatoms. The van der Waals surface area contributed by atoms with Gasteiger partial charge in [0.05, 0.1) is 12.1 Å². The van der Waals surface area contributed by atoms with Crippen molar-refractivity contribution in [2.45, 2.75) is 13.2 Å². The number of nitrogens with zero attached hydrogens (tertiary/aromatic N) is 2. The van der Waals surface area contributed by atoms with Crippen molar-refractivity contribution in [1.82, 2.24) is 9.78 Å². The first-order valence-electron chi connectivity index (χ1n) is 9.87. The Morgan fingerprint density at radius 2 is 1.43 bits per heavy atom. The molecule has 0 fully saturated rings. The van der Waals surface area contributed by atoms with Crippen LogP contribution in [0.2, 0.25) is 0 Å². The van der Waals surface area contributed by atoms with E-state index in [-0.39, 0.29) is 23.4 Å². The maximum atomic E-state index is 13.9. The molecule has 37 heavy (non-hydrogen) atoms. The van der Waals surface area contributed by atoms with E-state index in [2.05, 4.69) is 10.4 Å². The van der Waals surface area contributed by atoms with Crippen LogP contribution in [-0.2, 0) is 13.2 Å². The first-order chi connectivity index (χ1) is 17.5. The van der Waals surface area contributed by atoms with Crippen LogP contribution in [0.3, 0.4) is 0 Å². The van der Waals surface area contributed by atoms with Crippen molar-refractivity contribution in [3.05, 3.63) is 99.9 Å². The van der Waals surface area contributed by atoms with Gasteiger partial charge in [0.1, 0.15) is 12.4 Å². The number of aromatic nitrogens is 2. The Kier molecular flexibility index (Phi) is 6.87. The van der Waals surface area contributed by atoms with Crippen molar-refractivity contribution in [3.63, 3.8) is 0 Å². The monoisotopic (exact) mass is 535 g/mol. The van der Waals surface area contributed by atoms with Gasteiger partial charge in [-0.05, 0) is 12.1 Å². The summed E-state index contributed by atoms with van der Waals surface area (Å²) < 4.78 is 132. The second-order valence-electron chi connectivity index (χ2n) is 7.25. The molecule has 0 saturated carbocycles. The number of carbonyl (C=O) groups excluding carboxylic acids is 1. The van der Waals surface area contributed by atoms with Crippen molar-refractivity contribution >= 4 is 11.7 Å². The van der Waals surface area contributed by atoms with Gasteiger partial charge in [0.2, 0.25) is 17.5 Å². The second kappa shape index (κ2) is 9.91. The Labute approximate surface area is 199 Å². The normalized spacial score (nSPS) is 11.2. The molecule has 6 nitrogen and oxygen atoms in total. The van der Waals surface area contributed by atoms with Gasteiger partial charge in [0, 0.05) is 18.3 Å². The van der Waals surface area contributed by atoms with Crippen molar-refractivity contribution in [2.75, 3.05) is 5.32 Å². The second-order valence-corrected chi connectivity index (χ2v) is 7.25. The zero-order valence-corrected chi connectivity index (χ0v) is 17.8. The van der Waals surface area contributed by atoms with Gasteiger partial charge in [-0.15, -0.1) is 0 Å². The molecule has 0 atom stereocenters. The highest BCUT2D eigenvalue weighted by atomic mass is 19.2. The highest BCUT2D eigenvalue weighted by molar-refractivity contribution is 6.01. The van der Waals surface area contributed by atoms with Crippen LogP contribution in [0.4, 0.5) is 45.3 Å². The SMILES string of the molecule is O=C(Nc1ccn(Cc2c(F)c(F)c(F)c(F)c2F)n1)c1ccc(COc2c(F)c(F)cc(F)c2F)o1. The van der Waals surface area contributed by atoms with Crippen LogP contribution < -0.4 is 10.1 Å². The topological polar surface area (TPSA) is 69.3 Å². The van der Waals surface area contributed by atoms with E-state index in [4.69, 9.17) is 9.15 Å². The maximum Gasteiger partial charge on any atom is 0.292 e. The molecule has 1 N–H and O–H groups in total. The third-order valence-electron chi connectivity index (χ3n) is 4.82. The van der Waals surface area contributed by atoms with E-state index in [0.29, 0.717) is 0 Å². The number of hydrogen-bond donors (Lipinski definition) is 1. The van der Waals surface area contributed by atoms with Gasteiger partial charge in [-0.1, -0.05) is 0 Å². The van der Waals surface area contributed by atoms with Crippen molar-refractivity contribution < 1.29 is 53.5 Å². The lowest BCUT2D eigenvalue weighted by Gasteiger charge is -2.08. The number of hydrogen-bond acceptors (Lipinski definition) is 4. The molecule has 0 aliphatic heterocycles. The van der Waals surface area contributed by atoms with E-state index in [1.165, 1.54) is 0 Å². The molecule has 0 spiro atoms. The molecule has 0 bridgehead atoms. The van der Waals surface area contributed by atoms with Crippen LogP contribution in [0.15, 0.2) is 34.9 Å². The summed E-state index contributed by atoms with van der Waals surface area (Å²) in [5.74, 6) is -20.6. The lowest BCUT2D eigenvalue weighted by atomic mass is 10.1. The van der Waals surface area contributed by atoms with Gasteiger partial charge < -0.3 is 14.5 Å². The molecule has 0 radical (unpaired) electrons. The molecule has 0 unspecified atom stereocenters. The van der Waals surface area contributed by atoms with E-state index in [1.807, 2.05) is 0 Å². The first kappa shape index (κ1) is 25.7. The molecular formula is C22H10F9N3O3.